The summed E-state index contributed by atoms with van der Waals surface area (Å²) in [6, 6.07) is 10.7. The van der Waals surface area contributed by atoms with Crippen LogP contribution in [0.15, 0.2) is 30.3 Å². The summed E-state index contributed by atoms with van der Waals surface area (Å²) in [5.74, 6) is 2.59. The molecule has 0 spiro atoms. The van der Waals surface area contributed by atoms with Crippen LogP contribution in [0.5, 0.6) is 0 Å². The molecule has 3 nitrogen and oxygen atoms in total. The maximum atomic E-state index is 12.9. The van der Waals surface area contributed by atoms with E-state index in [1.165, 1.54) is 44.1 Å². The molecule has 6 rings (SSSR count). The van der Waals surface area contributed by atoms with E-state index in [4.69, 9.17) is 4.74 Å². The summed E-state index contributed by atoms with van der Waals surface area (Å²) in [6.45, 7) is 0.791. The topological polar surface area (TPSA) is 29.5 Å². The van der Waals surface area contributed by atoms with Crippen LogP contribution in [0, 0.1) is 29.1 Å². The SMILES string of the molecule is CN(C)CC1CC(c2ccccc2)(C23CC4CC(CC(C4)C2)C3)OC1=O. The first-order valence-corrected chi connectivity index (χ1v) is 10.4. The standard InChI is InChI=1S/C23H31NO2/c1-24(2)15-19-14-23(26-21(19)25,20-6-4-3-5-7-20)22-11-16-8-17(12-22)10-18(9-16)13-22/h3-7,16-19H,8-15H2,1-2H3. The molecule has 1 aliphatic heterocycles. The zero-order chi connectivity index (χ0) is 17.9. The molecule has 3 heteroatoms. The van der Waals surface area contributed by atoms with Crippen molar-refractivity contribution in [1.29, 1.82) is 0 Å². The minimum Gasteiger partial charge on any atom is -0.453 e. The lowest BCUT2D eigenvalue weighted by Gasteiger charge is -2.62. The van der Waals surface area contributed by atoms with E-state index < -0.39 is 5.60 Å². The van der Waals surface area contributed by atoms with Gasteiger partial charge in [0.25, 0.3) is 0 Å². The number of benzene rings is 1. The Bertz CT molecular complexity index is 662. The molecule has 4 aliphatic carbocycles. The van der Waals surface area contributed by atoms with Crippen molar-refractivity contribution in [3.63, 3.8) is 0 Å². The monoisotopic (exact) mass is 353 g/mol. The normalized spacial score (nSPS) is 43.9. The first-order chi connectivity index (χ1) is 12.5. The molecule has 1 aromatic rings. The molecule has 1 heterocycles. The second-order valence-corrected chi connectivity index (χ2v) is 9.98. The van der Waals surface area contributed by atoms with E-state index in [2.05, 4.69) is 49.3 Å². The summed E-state index contributed by atoms with van der Waals surface area (Å²) in [5, 5.41) is 0. The third-order valence-electron chi connectivity index (χ3n) is 7.86. The maximum Gasteiger partial charge on any atom is 0.311 e. The maximum absolute atomic E-state index is 12.9. The molecule has 2 atom stereocenters. The molecule has 0 N–H and O–H groups in total. The Morgan fingerprint density at radius 3 is 2.08 bits per heavy atom. The van der Waals surface area contributed by atoms with Crippen molar-refractivity contribution in [3.05, 3.63) is 35.9 Å². The summed E-state index contributed by atoms with van der Waals surface area (Å²) in [4.78, 5) is 15.1. The molecule has 26 heavy (non-hydrogen) atoms. The molecule has 2 unspecified atom stereocenters. The highest BCUT2D eigenvalue weighted by molar-refractivity contribution is 5.76. The van der Waals surface area contributed by atoms with Crippen molar-refractivity contribution in [1.82, 2.24) is 4.90 Å². The molecule has 5 fully saturated rings. The van der Waals surface area contributed by atoms with Crippen LogP contribution < -0.4 is 0 Å². The van der Waals surface area contributed by atoms with Crippen molar-refractivity contribution in [2.75, 3.05) is 20.6 Å². The van der Waals surface area contributed by atoms with Gasteiger partial charge >= 0.3 is 5.97 Å². The molecular weight excluding hydrogens is 322 g/mol. The van der Waals surface area contributed by atoms with Crippen LogP contribution in [-0.2, 0) is 15.1 Å². The highest BCUT2D eigenvalue weighted by atomic mass is 16.6. The van der Waals surface area contributed by atoms with Gasteiger partial charge in [-0.05, 0) is 75.9 Å². The quantitative estimate of drug-likeness (QED) is 0.759. The van der Waals surface area contributed by atoms with E-state index in [0.717, 1.165) is 30.7 Å². The first kappa shape index (κ1) is 16.8. The Balaban J connectivity index is 1.59. The van der Waals surface area contributed by atoms with Gasteiger partial charge in [-0.1, -0.05) is 30.3 Å². The number of hydrogen-bond acceptors (Lipinski definition) is 3. The average Bonchev–Trinajstić information content (AvgIpc) is 2.92. The van der Waals surface area contributed by atoms with Gasteiger partial charge in [0.2, 0.25) is 0 Å². The van der Waals surface area contributed by atoms with Crippen molar-refractivity contribution in [2.24, 2.45) is 29.1 Å². The van der Waals surface area contributed by atoms with Crippen LogP contribution in [0.1, 0.15) is 50.5 Å². The lowest BCUT2D eigenvalue weighted by molar-refractivity contribution is -0.198. The fourth-order valence-corrected chi connectivity index (χ4v) is 7.43. The molecule has 4 bridgehead atoms. The Morgan fingerprint density at radius 1 is 0.962 bits per heavy atom. The largest absolute Gasteiger partial charge is 0.453 e. The van der Waals surface area contributed by atoms with E-state index in [9.17, 15) is 4.79 Å². The summed E-state index contributed by atoms with van der Waals surface area (Å²) in [6.07, 6.45) is 8.89. The van der Waals surface area contributed by atoms with Gasteiger partial charge in [0.05, 0.1) is 5.92 Å². The van der Waals surface area contributed by atoms with E-state index in [1.807, 2.05) is 0 Å². The van der Waals surface area contributed by atoms with Crippen molar-refractivity contribution in [3.8, 4) is 0 Å². The van der Waals surface area contributed by atoms with E-state index >= 15 is 0 Å². The molecule has 0 aromatic heterocycles. The average molecular weight is 354 g/mol. The third-order valence-corrected chi connectivity index (χ3v) is 7.86. The smallest absolute Gasteiger partial charge is 0.311 e. The number of nitrogens with zero attached hydrogens (tertiary/aromatic N) is 1. The van der Waals surface area contributed by atoms with Crippen molar-refractivity contribution in [2.45, 2.75) is 50.5 Å². The lowest BCUT2D eigenvalue weighted by atomic mass is 9.44. The zero-order valence-corrected chi connectivity index (χ0v) is 16.1. The fraction of sp³-hybridized carbons (Fsp3) is 0.696. The number of rotatable bonds is 4. The molecule has 1 saturated heterocycles. The second-order valence-electron chi connectivity index (χ2n) is 9.98. The predicted octanol–water partition coefficient (Wildman–Crippen LogP) is 4.22. The number of carbonyl (C=O) groups excluding carboxylic acids is 1. The van der Waals surface area contributed by atoms with E-state index in [1.54, 1.807) is 0 Å². The van der Waals surface area contributed by atoms with Gasteiger partial charge in [-0.2, -0.15) is 0 Å². The van der Waals surface area contributed by atoms with Gasteiger partial charge < -0.3 is 9.64 Å². The third kappa shape index (κ3) is 2.39. The fourth-order valence-electron chi connectivity index (χ4n) is 7.43. The number of cyclic esters (lactones) is 1. The summed E-state index contributed by atoms with van der Waals surface area (Å²) in [5.41, 5.74) is 1.01. The van der Waals surface area contributed by atoms with Crippen molar-refractivity contribution < 1.29 is 9.53 Å². The molecule has 140 valence electrons. The second kappa shape index (κ2) is 5.82. The van der Waals surface area contributed by atoms with Gasteiger partial charge in [0.1, 0.15) is 5.60 Å². The molecule has 5 aliphatic rings. The van der Waals surface area contributed by atoms with Gasteiger partial charge in [-0.15, -0.1) is 0 Å². The zero-order valence-electron chi connectivity index (χ0n) is 16.1. The highest BCUT2D eigenvalue weighted by Gasteiger charge is 2.66. The van der Waals surface area contributed by atoms with Gasteiger partial charge in [0, 0.05) is 18.4 Å². The Morgan fingerprint density at radius 2 is 1.54 bits per heavy atom. The molecule has 0 amide bonds. The minimum absolute atomic E-state index is 0.00166. The molecule has 4 saturated carbocycles. The van der Waals surface area contributed by atoms with Crippen molar-refractivity contribution >= 4 is 5.97 Å². The van der Waals surface area contributed by atoms with Gasteiger partial charge in [0.15, 0.2) is 0 Å². The predicted molar refractivity (Wildman–Crippen MR) is 101 cm³/mol. The van der Waals surface area contributed by atoms with Crippen LogP contribution in [0.25, 0.3) is 0 Å². The van der Waals surface area contributed by atoms with E-state index in [0.29, 0.717) is 0 Å². The Labute approximate surface area is 157 Å². The number of hydrogen-bond donors (Lipinski definition) is 0. The van der Waals surface area contributed by atoms with Crippen LogP contribution >= 0.6 is 0 Å². The van der Waals surface area contributed by atoms with Crippen LogP contribution in [0.4, 0.5) is 0 Å². The Hall–Kier alpha value is -1.35. The highest BCUT2D eigenvalue weighted by Crippen LogP contribution is 2.69. The van der Waals surface area contributed by atoms with Crippen LogP contribution in [0.2, 0.25) is 0 Å². The number of ether oxygens (including phenoxy) is 1. The minimum atomic E-state index is -0.401. The Kier molecular flexibility index (Phi) is 3.76. The molecular formula is C23H31NO2. The van der Waals surface area contributed by atoms with Crippen LogP contribution in [-0.4, -0.2) is 31.5 Å². The van der Waals surface area contributed by atoms with Gasteiger partial charge in [-0.3, -0.25) is 4.79 Å². The van der Waals surface area contributed by atoms with Gasteiger partial charge in [-0.25, -0.2) is 0 Å². The number of esters is 1. The summed E-state index contributed by atoms with van der Waals surface area (Å²) >= 11 is 0. The van der Waals surface area contributed by atoms with E-state index in [-0.39, 0.29) is 17.3 Å². The number of carbonyl (C=O) groups is 1. The summed E-state index contributed by atoms with van der Waals surface area (Å²) < 4.78 is 6.47. The lowest BCUT2D eigenvalue weighted by Crippen LogP contribution is -2.56. The molecule has 0 radical (unpaired) electrons. The molecule has 1 aromatic carbocycles. The first-order valence-electron chi connectivity index (χ1n) is 10.4. The summed E-state index contributed by atoms with van der Waals surface area (Å²) in [7, 11) is 4.11. The van der Waals surface area contributed by atoms with Crippen LogP contribution in [0.3, 0.4) is 0 Å².